The zero-order valence-electron chi connectivity index (χ0n) is 24.7. The van der Waals surface area contributed by atoms with Gasteiger partial charge in [-0.25, -0.2) is 0 Å². The molecule has 3 aliphatic rings. The van der Waals surface area contributed by atoms with Crippen LogP contribution in [0.25, 0.3) is 42.4 Å². The molecule has 3 aliphatic carbocycles. The zero-order chi connectivity index (χ0) is 30.2. The highest BCUT2D eigenvalue weighted by molar-refractivity contribution is 7.25. The Balaban J connectivity index is 1.37. The van der Waals surface area contributed by atoms with Crippen molar-refractivity contribution in [1.82, 2.24) is 0 Å². The van der Waals surface area contributed by atoms with Gasteiger partial charge in [-0.2, -0.15) is 0 Å². The van der Waals surface area contributed by atoms with E-state index in [0.717, 1.165) is 5.02 Å². The summed E-state index contributed by atoms with van der Waals surface area (Å²) in [6, 6.07) is 56.7. The fourth-order valence-electron chi connectivity index (χ4n) is 9.51. The van der Waals surface area contributed by atoms with Crippen molar-refractivity contribution in [3.63, 3.8) is 0 Å². The average molecular weight is 621 g/mol. The quantitative estimate of drug-likeness (QED) is 0.158. The molecule has 0 saturated heterocycles. The molecule has 0 bridgehead atoms. The van der Waals surface area contributed by atoms with Crippen LogP contribution in [0.3, 0.4) is 0 Å². The normalized spacial score (nSPS) is 15.4. The Morgan fingerprint density at radius 3 is 1.54 bits per heavy atom. The molecule has 0 saturated carbocycles. The number of hydrogen-bond acceptors (Lipinski definition) is 1. The van der Waals surface area contributed by atoms with Gasteiger partial charge in [0.1, 0.15) is 0 Å². The van der Waals surface area contributed by atoms with E-state index < -0.39 is 10.8 Å². The summed E-state index contributed by atoms with van der Waals surface area (Å²) in [6.07, 6.45) is 0. The van der Waals surface area contributed by atoms with Gasteiger partial charge in [-0.1, -0.05) is 139 Å². The molecule has 46 heavy (non-hydrogen) atoms. The van der Waals surface area contributed by atoms with Gasteiger partial charge in [0.05, 0.1) is 10.8 Å². The Labute approximate surface area is 276 Å². The largest absolute Gasteiger partial charge is 0.135 e. The SMILES string of the molecule is Clc1cccc2c1C1(c3cc4sc5ccccc5c4cc3-2)c2ccccc2C2(c3ccccc3-c3ccccc32)c2ccccc21. The molecule has 0 unspecified atom stereocenters. The summed E-state index contributed by atoms with van der Waals surface area (Å²) in [7, 11) is 0. The van der Waals surface area contributed by atoms with E-state index in [1.165, 1.54) is 86.9 Å². The minimum atomic E-state index is -0.571. The van der Waals surface area contributed by atoms with E-state index in [1.54, 1.807) is 0 Å². The van der Waals surface area contributed by atoms with Crippen molar-refractivity contribution in [3.8, 4) is 22.3 Å². The van der Waals surface area contributed by atoms with Crippen molar-refractivity contribution in [2.75, 3.05) is 0 Å². The lowest BCUT2D eigenvalue weighted by Gasteiger charge is -2.49. The summed E-state index contributed by atoms with van der Waals surface area (Å²) in [4.78, 5) is 0. The Kier molecular flexibility index (Phi) is 4.75. The van der Waals surface area contributed by atoms with Crippen molar-refractivity contribution < 1.29 is 0 Å². The van der Waals surface area contributed by atoms with Crippen LogP contribution in [0, 0.1) is 0 Å². The number of hydrogen-bond donors (Lipinski definition) is 0. The summed E-state index contributed by atoms with van der Waals surface area (Å²) in [6.45, 7) is 0. The Hall–Kier alpha value is -4.95. The van der Waals surface area contributed by atoms with Crippen LogP contribution in [0.4, 0.5) is 0 Å². The highest BCUT2D eigenvalue weighted by atomic mass is 35.5. The second-order valence-electron chi connectivity index (χ2n) is 12.8. The highest BCUT2D eigenvalue weighted by Gasteiger charge is 2.59. The Morgan fingerprint density at radius 1 is 0.370 bits per heavy atom. The van der Waals surface area contributed by atoms with E-state index in [-0.39, 0.29) is 0 Å². The van der Waals surface area contributed by atoms with Gasteiger partial charge in [0, 0.05) is 25.2 Å². The first kappa shape index (κ1) is 25.3. The Bertz CT molecular complexity index is 2530. The van der Waals surface area contributed by atoms with Crippen LogP contribution in [0.1, 0.15) is 44.5 Å². The van der Waals surface area contributed by atoms with E-state index in [2.05, 4.69) is 152 Å². The second kappa shape index (κ2) is 8.65. The van der Waals surface area contributed by atoms with E-state index in [4.69, 9.17) is 11.6 Å². The number of rotatable bonds is 0. The second-order valence-corrected chi connectivity index (χ2v) is 14.3. The van der Waals surface area contributed by atoms with Gasteiger partial charge in [0.2, 0.25) is 0 Å². The molecule has 11 rings (SSSR count). The monoisotopic (exact) mass is 620 g/mol. The molecule has 1 aromatic heterocycles. The lowest BCUT2D eigenvalue weighted by atomic mass is 9.52. The maximum absolute atomic E-state index is 7.43. The summed E-state index contributed by atoms with van der Waals surface area (Å²) in [5, 5.41) is 3.45. The average Bonchev–Trinajstić information content (AvgIpc) is 3.72. The maximum Gasteiger partial charge on any atom is 0.0735 e. The molecule has 0 N–H and O–H groups in total. The first-order valence-corrected chi connectivity index (χ1v) is 17.1. The van der Waals surface area contributed by atoms with E-state index >= 15 is 0 Å². The van der Waals surface area contributed by atoms with E-state index in [1.807, 2.05) is 11.3 Å². The maximum atomic E-state index is 7.43. The van der Waals surface area contributed by atoms with Crippen LogP contribution in [0.2, 0.25) is 5.02 Å². The zero-order valence-corrected chi connectivity index (χ0v) is 26.3. The lowest BCUT2D eigenvalue weighted by molar-refractivity contribution is 0.633. The fraction of sp³-hybridized carbons (Fsp3) is 0.0455. The summed E-state index contributed by atoms with van der Waals surface area (Å²) < 4.78 is 2.64. The molecule has 0 amide bonds. The van der Waals surface area contributed by atoms with Crippen molar-refractivity contribution in [1.29, 1.82) is 0 Å². The van der Waals surface area contributed by atoms with Crippen molar-refractivity contribution in [2.45, 2.75) is 10.8 Å². The van der Waals surface area contributed by atoms with Gasteiger partial charge in [-0.3, -0.25) is 0 Å². The summed E-state index contributed by atoms with van der Waals surface area (Å²) in [5.41, 5.74) is 14.6. The van der Waals surface area contributed by atoms with Crippen LogP contribution < -0.4 is 0 Å². The molecular weight excluding hydrogens is 596 g/mol. The van der Waals surface area contributed by atoms with E-state index in [0.29, 0.717) is 0 Å². The molecule has 2 spiro atoms. The molecule has 0 fully saturated rings. The first-order chi connectivity index (χ1) is 22.7. The lowest BCUT2D eigenvalue weighted by Crippen LogP contribution is -2.43. The van der Waals surface area contributed by atoms with E-state index in [9.17, 15) is 0 Å². The van der Waals surface area contributed by atoms with Gasteiger partial charge in [-0.15, -0.1) is 11.3 Å². The van der Waals surface area contributed by atoms with Gasteiger partial charge in [-0.05, 0) is 91.0 Å². The smallest absolute Gasteiger partial charge is 0.0735 e. The van der Waals surface area contributed by atoms with Crippen LogP contribution >= 0.6 is 22.9 Å². The van der Waals surface area contributed by atoms with Crippen LogP contribution in [-0.2, 0) is 10.8 Å². The molecule has 2 heteroatoms. The molecule has 0 aliphatic heterocycles. The van der Waals surface area contributed by atoms with Crippen molar-refractivity contribution in [3.05, 3.63) is 201 Å². The number of fused-ring (bicyclic) bond motifs is 19. The summed E-state index contributed by atoms with van der Waals surface area (Å²) >= 11 is 9.32. The first-order valence-electron chi connectivity index (χ1n) is 15.9. The third kappa shape index (κ3) is 2.72. The third-order valence-electron chi connectivity index (χ3n) is 11.0. The molecule has 0 atom stereocenters. The van der Waals surface area contributed by atoms with Gasteiger partial charge < -0.3 is 0 Å². The van der Waals surface area contributed by atoms with Crippen LogP contribution in [-0.4, -0.2) is 0 Å². The summed E-state index contributed by atoms with van der Waals surface area (Å²) in [5.74, 6) is 0. The molecule has 214 valence electrons. The number of halogens is 1. The Morgan fingerprint density at radius 2 is 0.891 bits per heavy atom. The molecule has 8 aromatic rings. The van der Waals surface area contributed by atoms with Gasteiger partial charge in [0.15, 0.2) is 0 Å². The van der Waals surface area contributed by atoms with Gasteiger partial charge in [0.25, 0.3) is 0 Å². The molecule has 7 aromatic carbocycles. The fourth-order valence-corrected chi connectivity index (χ4v) is 11.0. The molecular formula is C44H25ClS. The predicted octanol–water partition coefficient (Wildman–Crippen LogP) is 11.7. The number of benzene rings is 7. The highest BCUT2D eigenvalue weighted by Crippen LogP contribution is 2.68. The third-order valence-corrected chi connectivity index (χ3v) is 12.5. The molecule has 1 heterocycles. The minimum absolute atomic E-state index is 0.447. The van der Waals surface area contributed by atoms with Crippen molar-refractivity contribution >= 4 is 43.1 Å². The minimum Gasteiger partial charge on any atom is -0.135 e. The molecule has 0 nitrogen and oxygen atoms in total. The topological polar surface area (TPSA) is 0 Å². The van der Waals surface area contributed by atoms with Crippen LogP contribution in [0.5, 0.6) is 0 Å². The van der Waals surface area contributed by atoms with Crippen molar-refractivity contribution in [2.24, 2.45) is 0 Å². The standard InChI is InChI=1S/C44H25ClS/c45-39-22-11-15-29-30-24-31-28-14-3-10-23-40(28)46-41(31)25-38(30)44(42(29)39)36-20-8-6-18-34(36)43(35-19-7-9-21-37(35)44)32-16-4-1-12-26(32)27-13-2-5-17-33(27)43/h1-25H. The molecule has 0 radical (unpaired) electrons. The predicted molar refractivity (Wildman–Crippen MR) is 193 cm³/mol. The number of thiophene rings is 1. The van der Waals surface area contributed by atoms with Gasteiger partial charge >= 0.3 is 0 Å². The van der Waals surface area contributed by atoms with Crippen LogP contribution in [0.15, 0.2) is 152 Å².